The fourth-order valence-corrected chi connectivity index (χ4v) is 4.47. The smallest absolute Gasteiger partial charge is 0.280 e. The van der Waals surface area contributed by atoms with Gasteiger partial charge >= 0.3 is 0 Å². The molecule has 2 saturated heterocycles. The number of nitrogens with one attached hydrogen (secondary N) is 1. The Kier molecular flexibility index (Phi) is 3.91. The van der Waals surface area contributed by atoms with Gasteiger partial charge in [0, 0.05) is 25.3 Å². The zero-order valence-corrected chi connectivity index (χ0v) is 14.1. The van der Waals surface area contributed by atoms with Crippen LogP contribution in [0.4, 0.5) is 0 Å². The van der Waals surface area contributed by atoms with Crippen LogP contribution in [0.1, 0.15) is 28.2 Å². The molecule has 3 heterocycles. The van der Waals surface area contributed by atoms with E-state index in [4.69, 9.17) is 0 Å². The Balaban J connectivity index is 1.44. The van der Waals surface area contributed by atoms with E-state index in [-0.39, 0.29) is 11.9 Å². The fraction of sp³-hybridized carbons (Fsp3) is 0.444. The minimum absolute atomic E-state index is 0.0270. The number of piperidine rings is 1. The maximum Gasteiger partial charge on any atom is 0.280 e. The summed E-state index contributed by atoms with van der Waals surface area (Å²) in [5, 5.41) is 3.74. The summed E-state index contributed by atoms with van der Waals surface area (Å²) in [7, 11) is 0. The first-order chi connectivity index (χ1) is 11.2. The Bertz CT molecular complexity index is 697. The van der Waals surface area contributed by atoms with Gasteiger partial charge in [-0.25, -0.2) is 4.98 Å². The van der Waals surface area contributed by atoms with E-state index in [1.54, 1.807) is 6.20 Å². The Labute approximate surface area is 140 Å². The van der Waals surface area contributed by atoms with Crippen molar-refractivity contribution in [1.29, 1.82) is 0 Å². The average Bonchev–Trinajstić information content (AvgIpc) is 3.15. The van der Waals surface area contributed by atoms with Gasteiger partial charge in [-0.15, -0.1) is 11.3 Å². The van der Waals surface area contributed by atoms with E-state index in [1.165, 1.54) is 36.4 Å². The molecule has 2 aliphatic rings. The zero-order valence-electron chi connectivity index (χ0n) is 13.3. The van der Waals surface area contributed by atoms with Crippen LogP contribution in [-0.2, 0) is 0 Å². The number of aryl methyl sites for hydroxylation is 1. The van der Waals surface area contributed by atoms with E-state index < -0.39 is 0 Å². The van der Waals surface area contributed by atoms with Crippen molar-refractivity contribution in [2.45, 2.75) is 25.8 Å². The summed E-state index contributed by atoms with van der Waals surface area (Å²) in [4.78, 5) is 20.3. The third kappa shape index (κ3) is 3.16. The summed E-state index contributed by atoms with van der Waals surface area (Å²) in [5.41, 5.74) is 2.35. The number of aromatic nitrogens is 1. The number of hydrogen-bond donors (Lipinski definition) is 1. The SMILES string of the molecule is Cc1ccc(-c2cnc(C(=O)N[C@@H]3C[C@H]4CCN(C4)C3)s2)cc1. The van der Waals surface area contributed by atoms with Crippen molar-refractivity contribution in [1.82, 2.24) is 15.2 Å². The molecule has 0 radical (unpaired) electrons. The lowest BCUT2D eigenvalue weighted by Crippen LogP contribution is -2.46. The van der Waals surface area contributed by atoms with Crippen molar-refractivity contribution in [3.8, 4) is 10.4 Å². The molecule has 1 aromatic carbocycles. The van der Waals surface area contributed by atoms with Crippen LogP contribution in [0.15, 0.2) is 30.5 Å². The second-order valence-corrected chi connectivity index (χ2v) is 7.75. The number of nitrogens with zero attached hydrogens (tertiary/aromatic N) is 2. The molecule has 2 aromatic rings. The van der Waals surface area contributed by atoms with E-state index in [0.717, 1.165) is 29.3 Å². The van der Waals surface area contributed by atoms with Gasteiger partial charge in [0.25, 0.3) is 5.91 Å². The third-order valence-electron chi connectivity index (χ3n) is 4.84. The molecule has 2 aliphatic heterocycles. The maximum atomic E-state index is 12.5. The van der Waals surface area contributed by atoms with E-state index in [9.17, 15) is 4.79 Å². The molecule has 4 rings (SSSR count). The second-order valence-electron chi connectivity index (χ2n) is 6.72. The first-order valence-electron chi connectivity index (χ1n) is 8.23. The van der Waals surface area contributed by atoms with Crippen LogP contribution in [0, 0.1) is 12.8 Å². The van der Waals surface area contributed by atoms with E-state index in [1.807, 2.05) is 0 Å². The number of benzene rings is 1. The monoisotopic (exact) mass is 327 g/mol. The average molecular weight is 327 g/mol. The van der Waals surface area contributed by atoms with Crippen molar-refractivity contribution in [2.75, 3.05) is 19.6 Å². The standard InChI is InChI=1S/C18H21N3OS/c1-12-2-4-14(5-3-12)16-9-19-18(23-16)17(22)20-15-8-13-6-7-21(10-13)11-15/h2-5,9,13,15H,6-8,10-11H2,1H3,(H,20,22)/t13-,15-/m1/s1. The lowest BCUT2D eigenvalue weighted by atomic mass is 9.97. The molecule has 1 N–H and O–H groups in total. The molecule has 0 saturated carbocycles. The number of carbonyl (C=O) groups excluding carboxylic acids is 1. The van der Waals surface area contributed by atoms with Crippen LogP contribution in [0.3, 0.4) is 0 Å². The van der Waals surface area contributed by atoms with Crippen LogP contribution in [0.2, 0.25) is 0 Å². The highest BCUT2D eigenvalue weighted by molar-refractivity contribution is 7.16. The lowest BCUT2D eigenvalue weighted by molar-refractivity contribution is 0.0909. The lowest BCUT2D eigenvalue weighted by Gasteiger charge is -2.30. The van der Waals surface area contributed by atoms with Gasteiger partial charge in [-0.1, -0.05) is 29.8 Å². The maximum absolute atomic E-state index is 12.5. The van der Waals surface area contributed by atoms with Crippen molar-refractivity contribution >= 4 is 17.2 Å². The van der Waals surface area contributed by atoms with Gasteiger partial charge in [0.05, 0.1) is 4.88 Å². The highest BCUT2D eigenvalue weighted by Gasteiger charge is 2.33. The van der Waals surface area contributed by atoms with Crippen molar-refractivity contribution < 1.29 is 4.79 Å². The number of fused-ring (bicyclic) bond motifs is 2. The number of rotatable bonds is 3. The number of thiazole rings is 1. The molecule has 2 fully saturated rings. The van der Waals surface area contributed by atoms with Gasteiger partial charge in [-0.05, 0) is 37.8 Å². The minimum atomic E-state index is -0.0270. The van der Waals surface area contributed by atoms with Crippen molar-refractivity contribution in [3.63, 3.8) is 0 Å². The van der Waals surface area contributed by atoms with E-state index in [0.29, 0.717) is 5.01 Å². The Morgan fingerprint density at radius 3 is 2.91 bits per heavy atom. The van der Waals surface area contributed by atoms with E-state index >= 15 is 0 Å². The summed E-state index contributed by atoms with van der Waals surface area (Å²) >= 11 is 1.47. The molecule has 120 valence electrons. The number of hydrogen-bond acceptors (Lipinski definition) is 4. The first kappa shape index (κ1) is 14.8. The fourth-order valence-electron chi connectivity index (χ4n) is 3.64. The van der Waals surface area contributed by atoms with Crippen LogP contribution >= 0.6 is 11.3 Å². The van der Waals surface area contributed by atoms with Gasteiger partial charge in [0.1, 0.15) is 0 Å². The van der Waals surface area contributed by atoms with Crippen molar-refractivity contribution in [2.24, 2.45) is 5.92 Å². The Morgan fingerprint density at radius 1 is 1.30 bits per heavy atom. The third-order valence-corrected chi connectivity index (χ3v) is 5.88. The molecular weight excluding hydrogens is 306 g/mol. The van der Waals surface area contributed by atoms with Gasteiger partial charge in [-0.2, -0.15) is 0 Å². The topological polar surface area (TPSA) is 45.2 Å². The van der Waals surface area contributed by atoms with Gasteiger partial charge in [0.15, 0.2) is 5.01 Å². The van der Waals surface area contributed by atoms with E-state index in [2.05, 4.69) is 46.4 Å². The van der Waals surface area contributed by atoms with Crippen LogP contribution < -0.4 is 5.32 Å². The summed E-state index contributed by atoms with van der Waals surface area (Å²) < 4.78 is 0. The molecule has 2 bridgehead atoms. The number of amides is 1. The molecule has 3 atom stereocenters. The quantitative estimate of drug-likeness (QED) is 0.943. The molecule has 1 aromatic heterocycles. The van der Waals surface area contributed by atoms with Crippen LogP contribution in [-0.4, -0.2) is 41.5 Å². The molecule has 0 aliphatic carbocycles. The Morgan fingerprint density at radius 2 is 2.13 bits per heavy atom. The predicted octanol–water partition coefficient (Wildman–Crippen LogP) is 2.94. The van der Waals surface area contributed by atoms with Crippen LogP contribution in [0.5, 0.6) is 0 Å². The first-order valence-corrected chi connectivity index (χ1v) is 9.05. The van der Waals surface area contributed by atoms with Crippen molar-refractivity contribution in [3.05, 3.63) is 41.0 Å². The summed E-state index contributed by atoms with van der Waals surface area (Å²) in [6.45, 7) is 5.45. The molecule has 5 heteroatoms. The Hall–Kier alpha value is -1.72. The molecule has 4 nitrogen and oxygen atoms in total. The molecule has 23 heavy (non-hydrogen) atoms. The highest BCUT2D eigenvalue weighted by atomic mass is 32.1. The molecule has 1 unspecified atom stereocenters. The minimum Gasteiger partial charge on any atom is -0.346 e. The van der Waals surface area contributed by atoms with Gasteiger partial charge < -0.3 is 10.2 Å². The predicted molar refractivity (Wildman–Crippen MR) is 92.7 cm³/mol. The molecule has 1 amide bonds. The second kappa shape index (κ2) is 6.06. The number of carbonyl (C=O) groups is 1. The largest absolute Gasteiger partial charge is 0.346 e. The highest BCUT2D eigenvalue weighted by Crippen LogP contribution is 2.28. The molecular formula is C18H21N3OS. The normalized spacial score (nSPS) is 26.2. The zero-order chi connectivity index (χ0) is 15.8. The summed E-state index contributed by atoms with van der Waals surface area (Å²) in [6, 6.07) is 8.60. The molecule has 0 spiro atoms. The summed E-state index contributed by atoms with van der Waals surface area (Å²) in [6.07, 6.45) is 4.19. The summed E-state index contributed by atoms with van der Waals surface area (Å²) in [5.74, 6) is 0.731. The van der Waals surface area contributed by atoms with Gasteiger partial charge in [-0.3, -0.25) is 4.79 Å². The van der Waals surface area contributed by atoms with Crippen LogP contribution in [0.25, 0.3) is 10.4 Å². The van der Waals surface area contributed by atoms with Gasteiger partial charge in [0.2, 0.25) is 0 Å².